The van der Waals surface area contributed by atoms with Gasteiger partial charge in [-0.25, -0.2) is 0 Å². The Morgan fingerprint density at radius 1 is 0.950 bits per heavy atom. The van der Waals surface area contributed by atoms with Crippen LogP contribution in [0.3, 0.4) is 0 Å². The number of hydrogen-bond donors (Lipinski definition) is 1. The first kappa shape index (κ1) is 16.1. The van der Waals surface area contributed by atoms with E-state index in [1.807, 2.05) is 0 Å². The van der Waals surface area contributed by atoms with E-state index in [2.05, 4.69) is 10.2 Å². The highest BCUT2D eigenvalue weighted by Gasteiger charge is 2.34. The average Bonchev–Trinajstić information content (AvgIpc) is 3.29. The predicted molar refractivity (Wildman–Crippen MR) is 84.2 cm³/mol. The molecule has 3 rings (SSSR count). The summed E-state index contributed by atoms with van der Waals surface area (Å²) < 4.78 is 0. The van der Waals surface area contributed by atoms with Crippen LogP contribution in [0.2, 0.25) is 0 Å². The first-order valence-corrected chi connectivity index (χ1v) is 8.33. The summed E-state index contributed by atoms with van der Waals surface area (Å²) in [5.41, 5.74) is 0. The van der Waals surface area contributed by atoms with Crippen molar-refractivity contribution in [2.45, 2.75) is 63.8 Å². The molecular formula is C16H29ClN2O. The molecule has 4 heteroatoms. The molecule has 0 heterocycles. The Labute approximate surface area is 129 Å². The maximum atomic E-state index is 12.4. The molecule has 3 nitrogen and oxygen atoms in total. The minimum atomic E-state index is 0. The van der Waals surface area contributed by atoms with Crippen molar-refractivity contribution in [1.82, 2.24) is 10.2 Å². The van der Waals surface area contributed by atoms with Crippen LogP contribution in [-0.4, -0.2) is 36.5 Å². The molecule has 3 fully saturated rings. The highest BCUT2D eigenvalue weighted by atomic mass is 35.5. The molecule has 0 saturated heterocycles. The molecule has 0 bridgehead atoms. The zero-order valence-electron chi connectivity index (χ0n) is 12.5. The van der Waals surface area contributed by atoms with Crippen LogP contribution in [-0.2, 0) is 4.79 Å². The fraction of sp³-hybridized carbons (Fsp3) is 0.938. The van der Waals surface area contributed by atoms with E-state index in [0.29, 0.717) is 18.5 Å². The van der Waals surface area contributed by atoms with Crippen molar-refractivity contribution >= 4 is 18.3 Å². The smallest absolute Gasteiger partial charge is 0.236 e. The van der Waals surface area contributed by atoms with Crippen LogP contribution in [0.4, 0.5) is 0 Å². The molecule has 3 saturated carbocycles. The van der Waals surface area contributed by atoms with Crippen molar-refractivity contribution in [2.24, 2.45) is 11.8 Å². The quantitative estimate of drug-likeness (QED) is 0.784. The number of nitrogens with one attached hydrogen (secondary N) is 1. The third-order valence-corrected chi connectivity index (χ3v) is 4.89. The maximum absolute atomic E-state index is 12.4. The van der Waals surface area contributed by atoms with Crippen molar-refractivity contribution in [1.29, 1.82) is 0 Å². The van der Waals surface area contributed by atoms with Gasteiger partial charge in [-0.15, -0.1) is 12.4 Å². The summed E-state index contributed by atoms with van der Waals surface area (Å²) in [7, 11) is 0. The summed E-state index contributed by atoms with van der Waals surface area (Å²) in [4.78, 5) is 14.6. The van der Waals surface area contributed by atoms with Gasteiger partial charge >= 0.3 is 0 Å². The van der Waals surface area contributed by atoms with Crippen LogP contribution in [0.25, 0.3) is 0 Å². The Morgan fingerprint density at radius 3 is 2.25 bits per heavy atom. The van der Waals surface area contributed by atoms with Crippen molar-refractivity contribution < 1.29 is 4.79 Å². The molecule has 0 atom stereocenters. The van der Waals surface area contributed by atoms with E-state index in [0.717, 1.165) is 24.9 Å². The molecule has 116 valence electrons. The van der Waals surface area contributed by atoms with E-state index in [1.165, 1.54) is 57.8 Å². The molecule has 0 spiro atoms. The fourth-order valence-electron chi connectivity index (χ4n) is 3.30. The lowest BCUT2D eigenvalue weighted by Gasteiger charge is -2.30. The molecule has 1 N–H and O–H groups in total. The number of carbonyl (C=O) groups is 1. The summed E-state index contributed by atoms with van der Waals surface area (Å²) in [6, 6.07) is 0.581. The van der Waals surface area contributed by atoms with Gasteiger partial charge in [-0.05, 0) is 56.9 Å². The van der Waals surface area contributed by atoms with E-state index >= 15 is 0 Å². The molecule has 3 aliphatic rings. The third-order valence-electron chi connectivity index (χ3n) is 4.89. The van der Waals surface area contributed by atoms with E-state index in [1.54, 1.807) is 0 Å². The lowest BCUT2D eigenvalue weighted by Crippen LogP contribution is -2.42. The topological polar surface area (TPSA) is 32.3 Å². The predicted octanol–water partition coefficient (Wildman–Crippen LogP) is 2.98. The second-order valence-electron chi connectivity index (χ2n) is 6.86. The Morgan fingerprint density at radius 2 is 1.65 bits per heavy atom. The standard InChI is InChI=1S/C16H28N2O.ClH/c19-16(11-17-10-13-6-7-13)18(15-8-9-15)12-14-4-2-1-3-5-14;/h13-15,17H,1-12H2;1H. The zero-order valence-corrected chi connectivity index (χ0v) is 13.3. The first-order valence-electron chi connectivity index (χ1n) is 8.33. The van der Waals surface area contributed by atoms with Gasteiger partial charge in [0, 0.05) is 12.6 Å². The summed E-state index contributed by atoms with van der Waals surface area (Å²) in [6.07, 6.45) is 12.0. The first-order chi connectivity index (χ1) is 9.33. The van der Waals surface area contributed by atoms with Crippen LogP contribution in [0.15, 0.2) is 0 Å². The zero-order chi connectivity index (χ0) is 13.1. The lowest BCUT2D eigenvalue weighted by molar-refractivity contribution is -0.131. The Balaban J connectivity index is 0.00000147. The minimum Gasteiger partial charge on any atom is -0.338 e. The number of hydrogen-bond acceptors (Lipinski definition) is 2. The van der Waals surface area contributed by atoms with Crippen LogP contribution < -0.4 is 5.32 Å². The SMILES string of the molecule is Cl.O=C(CNCC1CC1)N(CC1CCCCC1)C1CC1. The van der Waals surface area contributed by atoms with Crippen LogP contribution >= 0.6 is 12.4 Å². The minimum absolute atomic E-state index is 0. The molecule has 0 aromatic carbocycles. The molecule has 3 aliphatic carbocycles. The van der Waals surface area contributed by atoms with Gasteiger partial charge in [0.15, 0.2) is 0 Å². The fourth-order valence-corrected chi connectivity index (χ4v) is 3.30. The summed E-state index contributed by atoms with van der Waals surface area (Å²) >= 11 is 0. The van der Waals surface area contributed by atoms with E-state index in [4.69, 9.17) is 0 Å². The van der Waals surface area contributed by atoms with E-state index in [-0.39, 0.29) is 12.4 Å². The molecule has 20 heavy (non-hydrogen) atoms. The van der Waals surface area contributed by atoms with Crippen molar-refractivity contribution in [3.05, 3.63) is 0 Å². The van der Waals surface area contributed by atoms with E-state index < -0.39 is 0 Å². The van der Waals surface area contributed by atoms with Gasteiger partial charge in [0.2, 0.25) is 5.91 Å². The molecule has 0 aromatic heterocycles. The molecule has 0 aromatic rings. The molecule has 1 amide bonds. The number of halogens is 1. The third kappa shape index (κ3) is 4.92. The van der Waals surface area contributed by atoms with Gasteiger partial charge in [-0.2, -0.15) is 0 Å². The highest BCUT2D eigenvalue weighted by Crippen LogP contribution is 2.31. The monoisotopic (exact) mass is 300 g/mol. The normalized spacial score (nSPS) is 23.2. The highest BCUT2D eigenvalue weighted by molar-refractivity contribution is 5.85. The maximum Gasteiger partial charge on any atom is 0.236 e. The molecular weight excluding hydrogens is 272 g/mol. The van der Waals surface area contributed by atoms with Gasteiger partial charge in [-0.1, -0.05) is 19.3 Å². The second-order valence-corrected chi connectivity index (χ2v) is 6.86. The van der Waals surface area contributed by atoms with Crippen LogP contribution in [0.1, 0.15) is 57.8 Å². The summed E-state index contributed by atoms with van der Waals surface area (Å²) in [5.74, 6) is 2.00. The van der Waals surface area contributed by atoms with Gasteiger partial charge in [0.1, 0.15) is 0 Å². The van der Waals surface area contributed by atoms with Gasteiger partial charge in [0.05, 0.1) is 6.54 Å². The Bertz CT molecular complexity index is 310. The summed E-state index contributed by atoms with van der Waals surface area (Å²) in [5, 5.41) is 3.36. The van der Waals surface area contributed by atoms with Crippen LogP contribution in [0, 0.1) is 11.8 Å². The van der Waals surface area contributed by atoms with Crippen molar-refractivity contribution in [3.63, 3.8) is 0 Å². The average molecular weight is 301 g/mol. The van der Waals surface area contributed by atoms with Gasteiger partial charge in [0.25, 0.3) is 0 Å². The lowest BCUT2D eigenvalue weighted by atomic mass is 9.89. The molecule has 0 radical (unpaired) electrons. The van der Waals surface area contributed by atoms with Gasteiger partial charge < -0.3 is 10.2 Å². The second kappa shape index (κ2) is 7.65. The largest absolute Gasteiger partial charge is 0.338 e. The molecule has 0 aliphatic heterocycles. The Hall–Kier alpha value is -0.280. The number of rotatable bonds is 7. The number of amides is 1. The van der Waals surface area contributed by atoms with Crippen molar-refractivity contribution in [2.75, 3.05) is 19.6 Å². The molecule has 0 unspecified atom stereocenters. The van der Waals surface area contributed by atoms with Crippen molar-refractivity contribution in [3.8, 4) is 0 Å². The Kier molecular flexibility index (Phi) is 6.16. The van der Waals surface area contributed by atoms with Gasteiger partial charge in [-0.3, -0.25) is 4.79 Å². The number of carbonyl (C=O) groups excluding carboxylic acids is 1. The van der Waals surface area contributed by atoms with Crippen LogP contribution in [0.5, 0.6) is 0 Å². The van der Waals surface area contributed by atoms with E-state index in [9.17, 15) is 4.79 Å². The summed E-state index contributed by atoms with van der Waals surface area (Å²) in [6.45, 7) is 2.65. The number of nitrogens with zero attached hydrogens (tertiary/aromatic N) is 1.